The summed E-state index contributed by atoms with van der Waals surface area (Å²) >= 11 is 3.26. The van der Waals surface area contributed by atoms with E-state index in [0.717, 1.165) is 4.47 Å². The van der Waals surface area contributed by atoms with Gasteiger partial charge in [0.05, 0.1) is 6.61 Å². The number of nitrogens with one attached hydrogen (secondary N) is 1. The molecule has 0 aliphatic carbocycles. The second kappa shape index (κ2) is 4.85. The van der Waals surface area contributed by atoms with Crippen LogP contribution < -0.4 is 11.1 Å². The smallest absolute Gasteiger partial charge is 0.411 e. The van der Waals surface area contributed by atoms with Crippen LogP contribution in [0.2, 0.25) is 0 Å². The summed E-state index contributed by atoms with van der Waals surface area (Å²) in [7, 11) is 0. The number of amides is 1. The third kappa shape index (κ3) is 2.92. The largest absolute Gasteiger partial charge is 0.450 e. The molecule has 0 saturated heterocycles. The van der Waals surface area contributed by atoms with Gasteiger partial charge in [-0.05, 0) is 41.1 Å². The van der Waals surface area contributed by atoms with Crippen molar-refractivity contribution in [3.8, 4) is 0 Å². The molecule has 0 spiro atoms. The monoisotopic (exact) mass is 258 g/mol. The number of nitrogen functional groups attached to an aromatic ring is 1. The van der Waals surface area contributed by atoms with Gasteiger partial charge in [-0.2, -0.15) is 0 Å². The summed E-state index contributed by atoms with van der Waals surface area (Å²) in [5.41, 5.74) is 6.85. The van der Waals surface area contributed by atoms with Crippen molar-refractivity contribution in [3.63, 3.8) is 0 Å². The molecule has 1 aromatic rings. The number of nitrogens with two attached hydrogens (primary N) is 1. The Morgan fingerprint density at radius 1 is 1.64 bits per heavy atom. The van der Waals surface area contributed by atoms with Crippen LogP contribution in [0.5, 0.6) is 0 Å². The normalized spacial score (nSPS) is 9.57. The number of carbonyl (C=O) groups excluding carboxylic acids is 1. The molecule has 0 atom stereocenters. The summed E-state index contributed by atoms with van der Waals surface area (Å²) in [6.07, 6.45) is -0.468. The predicted octanol–water partition coefficient (Wildman–Crippen LogP) is 2.60. The zero-order valence-electron chi connectivity index (χ0n) is 7.71. The molecule has 1 aromatic carbocycles. The summed E-state index contributed by atoms with van der Waals surface area (Å²) in [5, 5.41) is 2.56. The van der Waals surface area contributed by atoms with Gasteiger partial charge >= 0.3 is 6.09 Å². The van der Waals surface area contributed by atoms with Crippen LogP contribution in [-0.2, 0) is 4.74 Å². The van der Waals surface area contributed by atoms with Crippen LogP contribution in [0, 0.1) is 0 Å². The molecule has 0 bridgehead atoms. The highest BCUT2D eigenvalue weighted by atomic mass is 79.9. The maximum Gasteiger partial charge on any atom is 0.411 e. The van der Waals surface area contributed by atoms with E-state index >= 15 is 0 Å². The lowest BCUT2D eigenvalue weighted by molar-refractivity contribution is 0.168. The fourth-order valence-electron chi connectivity index (χ4n) is 0.890. The molecule has 1 amide bonds. The van der Waals surface area contributed by atoms with Crippen molar-refractivity contribution in [2.75, 3.05) is 17.7 Å². The maximum absolute atomic E-state index is 11.0. The molecule has 4 nitrogen and oxygen atoms in total. The SMILES string of the molecule is CCOC(=O)Nc1ccc(N)c(Br)c1. The number of ether oxygens (including phenoxy) is 1. The number of benzene rings is 1. The van der Waals surface area contributed by atoms with E-state index < -0.39 is 6.09 Å². The molecule has 76 valence electrons. The zero-order valence-corrected chi connectivity index (χ0v) is 9.30. The van der Waals surface area contributed by atoms with E-state index in [1.54, 1.807) is 25.1 Å². The fraction of sp³-hybridized carbons (Fsp3) is 0.222. The highest BCUT2D eigenvalue weighted by Crippen LogP contribution is 2.23. The maximum atomic E-state index is 11.0. The van der Waals surface area contributed by atoms with Gasteiger partial charge in [-0.25, -0.2) is 4.79 Å². The van der Waals surface area contributed by atoms with Gasteiger partial charge in [-0.15, -0.1) is 0 Å². The first-order valence-electron chi connectivity index (χ1n) is 4.12. The number of halogens is 1. The van der Waals surface area contributed by atoms with Gasteiger partial charge in [0.25, 0.3) is 0 Å². The Labute approximate surface area is 90.6 Å². The van der Waals surface area contributed by atoms with Crippen LogP contribution in [0.3, 0.4) is 0 Å². The van der Waals surface area contributed by atoms with Crippen molar-refractivity contribution in [1.82, 2.24) is 0 Å². The first-order valence-corrected chi connectivity index (χ1v) is 4.91. The van der Waals surface area contributed by atoms with E-state index in [0.29, 0.717) is 18.0 Å². The van der Waals surface area contributed by atoms with Crippen molar-refractivity contribution in [2.45, 2.75) is 6.92 Å². The summed E-state index contributed by atoms with van der Waals surface area (Å²) in [6, 6.07) is 5.12. The average molecular weight is 259 g/mol. The standard InChI is InChI=1S/C9H11BrN2O2/c1-2-14-9(13)12-6-3-4-8(11)7(10)5-6/h3-5H,2,11H2,1H3,(H,12,13). The average Bonchev–Trinajstić information content (AvgIpc) is 2.12. The summed E-state index contributed by atoms with van der Waals surface area (Å²) in [4.78, 5) is 11.0. The van der Waals surface area contributed by atoms with Crippen LogP contribution in [0.1, 0.15) is 6.92 Å². The number of hydrogen-bond acceptors (Lipinski definition) is 3. The molecular weight excluding hydrogens is 248 g/mol. The van der Waals surface area contributed by atoms with Gasteiger partial charge in [0.2, 0.25) is 0 Å². The van der Waals surface area contributed by atoms with Gasteiger partial charge in [0, 0.05) is 15.8 Å². The summed E-state index contributed by atoms with van der Waals surface area (Å²) in [5.74, 6) is 0. The Kier molecular flexibility index (Phi) is 3.76. The molecule has 0 aliphatic rings. The number of anilines is 2. The van der Waals surface area contributed by atoms with Crippen molar-refractivity contribution >= 4 is 33.4 Å². The van der Waals surface area contributed by atoms with E-state index in [-0.39, 0.29) is 0 Å². The van der Waals surface area contributed by atoms with Gasteiger partial charge in [0.1, 0.15) is 0 Å². The van der Waals surface area contributed by atoms with E-state index in [9.17, 15) is 4.79 Å². The molecule has 0 saturated carbocycles. The van der Waals surface area contributed by atoms with E-state index in [2.05, 4.69) is 21.2 Å². The molecule has 14 heavy (non-hydrogen) atoms. The highest BCUT2D eigenvalue weighted by Gasteiger charge is 2.03. The lowest BCUT2D eigenvalue weighted by Crippen LogP contribution is -2.13. The molecule has 0 heterocycles. The van der Waals surface area contributed by atoms with Crippen molar-refractivity contribution < 1.29 is 9.53 Å². The minimum absolute atomic E-state index is 0.349. The topological polar surface area (TPSA) is 64.3 Å². The molecule has 0 fully saturated rings. The van der Waals surface area contributed by atoms with Crippen LogP contribution in [0.4, 0.5) is 16.2 Å². The van der Waals surface area contributed by atoms with E-state index in [1.807, 2.05) is 0 Å². The van der Waals surface area contributed by atoms with Gasteiger partial charge in [-0.3, -0.25) is 5.32 Å². The number of rotatable bonds is 2. The van der Waals surface area contributed by atoms with Crippen LogP contribution in [0.15, 0.2) is 22.7 Å². The van der Waals surface area contributed by atoms with E-state index in [1.165, 1.54) is 0 Å². The Morgan fingerprint density at radius 2 is 2.36 bits per heavy atom. The molecular formula is C9H11BrN2O2. The highest BCUT2D eigenvalue weighted by molar-refractivity contribution is 9.10. The minimum Gasteiger partial charge on any atom is -0.450 e. The number of carbonyl (C=O) groups is 1. The third-order valence-corrected chi connectivity index (χ3v) is 2.21. The first-order chi connectivity index (χ1) is 6.63. The number of hydrogen-bond donors (Lipinski definition) is 2. The van der Waals surface area contributed by atoms with Crippen molar-refractivity contribution in [1.29, 1.82) is 0 Å². The second-order valence-corrected chi connectivity index (χ2v) is 3.44. The Hall–Kier alpha value is -1.23. The zero-order chi connectivity index (χ0) is 10.6. The van der Waals surface area contributed by atoms with Crippen molar-refractivity contribution in [3.05, 3.63) is 22.7 Å². The van der Waals surface area contributed by atoms with Gasteiger partial charge < -0.3 is 10.5 Å². The quantitative estimate of drug-likeness (QED) is 0.802. The fourth-order valence-corrected chi connectivity index (χ4v) is 1.27. The summed E-state index contributed by atoms with van der Waals surface area (Å²) in [6.45, 7) is 2.10. The molecule has 0 aromatic heterocycles. The Bertz CT molecular complexity index is 342. The van der Waals surface area contributed by atoms with Gasteiger partial charge in [0.15, 0.2) is 0 Å². The Morgan fingerprint density at radius 3 is 2.93 bits per heavy atom. The molecule has 3 N–H and O–H groups in total. The predicted molar refractivity (Wildman–Crippen MR) is 59.2 cm³/mol. The molecule has 0 aliphatic heterocycles. The minimum atomic E-state index is -0.468. The molecule has 1 rings (SSSR count). The lowest BCUT2D eigenvalue weighted by atomic mass is 10.3. The summed E-state index contributed by atoms with van der Waals surface area (Å²) < 4.78 is 5.46. The third-order valence-electron chi connectivity index (χ3n) is 1.52. The van der Waals surface area contributed by atoms with Crippen molar-refractivity contribution in [2.24, 2.45) is 0 Å². The molecule has 0 unspecified atom stereocenters. The van der Waals surface area contributed by atoms with Crippen LogP contribution >= 0.6 is 15.9 Å². The molecule has 5 heteroatoms. The molecule has 0 radical (unpaired) electrons. The van der Waals surface area contributed by atoms with E-state index in [4.69, 9.17) is 10.5 Å². The first kappa shape index (κ1) is 10.8. The van der Waals surface area contributed by atoms with Gasteiger partial charge in [-0.1, -0.05) is 0 Å². The van der Waals surface area contributed by atoms with Crippen LogP contribution in [0.25, 0.3) is 0 Å². The Balaban J connectivity index is 2.68. The second-order valence-electron chi connectivity index (χ2n) is 2.58. The van der Waals surface area contributed by atoms with Crippen LogP contribution in [-0.4, -0.2) is 12.7 Å². The lowest BCUT2D eigenvalue weighted by Gasteiger charge is -2.06.